The van der Waals surface area contributed by atoms with Gasteiger partial charge >= 0.3 is 0 Å². The highest BCUT2D eigenvalue weighted by molar-refractivity contribution is 6.16. The molecule has 2 aliphatic heterocycles. The minimum atomic E-state index is -0.193. The summed E-state index contributed by atoms with van der Waals surface area (Å²) in [4.78, 5) is 37.2. The van der Waals surface area contributed by atoms with E-state index in [1.165, 1.54) is 5.01 Å². The summed E-state index contributed by atoms with van der Waals surface area (Å²) in [6.07, 6.45) is 0.326. The van der Waals surface area contributed by atoms with Crippen LogP contribution >= 0.6 is 0 Å². The fourth-order valence-corrected chi connectivity index (χ4v) is 2.88. The minimum absolute atomic E-state index is 0.0258. The number of carbonyl (C=O) groups excluding carboxylic acids is 2. The first-order valence-corrected chi connectivity index (χ1v) is 8.10. The van der Waals surface area contributed by atoms with Crippen LogP contribution in [0, 0.1) is 13.8 Å². The van der Waals surface area contributed by atoms with Crippen LogP contribution in [-0.4, -0.2) is 70.5 Å². The van der Waals surface area contributed by atoms with Crippen molar-refractivity contribution in [1.82, 2.24) is 19.8 Å². The van der Waals surface area contributed by atoms with E-state index in [9.17, 15) is 9.59 Å². The van der Waals surface area contributed by atoms with Gasteiger partial charge in [-0.2, -0.15) is 10.1 Å². The Kier molecular flexibility index (Phi) is 4.57. The van der Waals surface area contributed by atoms with Crippen molar-refractivity contribution < 1.29 is 9.59 Å². The van der Waals surface area contributed by atoms with Gasteiger partial charge in [0.25, 0.3) is 11.9 Å². The number of anilines is 1. The summed E-state index contributed by atoms with van der Waals surface area (Å²) in [7, 11) is 2.04. The normalized spacial score (nSPS) is 19.0. The third kappa shape index (κ3) is 3.59. The third-order valence-electron chi connectivity index (χ3n) is 4.20. The van der Waals surface area contributed by atoms with E-state index in [2.05, 4.69) is 20.0 Å². The zero-order chi connectivity index (χ0) is 17.3. The zero-order valence-electron chi connectivity index (χ0n) is 14.3. The van der Waals surface area contributed by atoms with Crippen molar-refractivity contribution in [2.24, 2.45) is 5.10 Å². The van der Waals surface area contributed by atoms with Crippen molar-refractivity contribution in [3.8, 4) is 0 Å². The molecule has 0 aliphatic carbocycles. The van der Waals surface area contributed by atoms with Gasteiger partial charge in [0, 0.05) is 37.6 Å². The number of aryl methyl sites for hydroxylation is 2. The molecule has 24 heavy (non-hydrogen) atoms. The third-order valence-corrected chi connectivity index (χ3v) is 4.20. The summed E-state index contributed by atoms with van der Waals surface area (Å²) >= 11 is 0. The SMILES string of the molecule is Cc1cc(C)nc(N2N=C(CC(=O)N3CCN(C)CC3)CC2=O)n1. The van der Waals surface area contributed by atoms with E-state index in [4.69, 9.17) is 0 Å². The Bertz CT molecular complexity index is 674. The molecule has 3 heterocycles. The number of hydrazone groups is 1. The van der Waals surface area contributed by atoms with Crippen LogP contribution in [0.1, 0.15) is 24.2 Å². The second-order valence-electron chi connectivity index (χ2n) is 6.36. The van der Waals surface area contributed by atoms with Crippen LogP contribution in [0.15, 0.2) is 11.2 Å². The van der Waals surface area contributed by atoms with Crippen molar-refractivity contribution in [3.05, 3.63) is 17.5 Å². The first-order valence-electron chi connectivity index (χ1n) is 8.10. The summed E-state index contributed by atoms with van der Waals surface area (Å²) < 4.78 is 0. The molecule has 2 amide bonds. The Morgan fingerprint density at radius 3 is 2.38 bits per heavy atom. The molecule has 2 aliphatic rings. The van der Waals surface area contributed by atoms with Crippen LogP contribution in [0.25, 0.3) is 0 Å². The second-order valence-corrected chi connectivity index (χ2v) is 6.36. The van der Waals surface area contributed by atoms with E-state index in [-0.39, 0.29) is 30.6 Å². The fraction of sp³-hybridized carbons (Fsp3) is 0.562. The maximum absolute atomic E-state index is 12.4. The topological polar surface area (TPSA) is 82.0 Å². The number of likely N-dealkylation sites (N-methyl/N-ethyl adjacent to an activating group) is 1. The summed E-state index contributed by atoms with van der Waals surface area (Å²) in [5.74, 6) is 0.110. The van der Waals surface area contributed by atoms with Gasteiger partial charge < -0.3 is 9.80 Å². The molecule has 8 heteroatoms. The molecule has 1 aromatic heterocycles. The highest BCUT2D eigenvalue weighted by Crippen LogP contribution is 2.19. The molecule has 1 aromatic rings. The molecule has 128 valence electrons. The standard InChI is InChI=1S/C16H22N6O2/c1-11-8-12(2)18-16(17-11)22-15(24)10-13(19-22)9-14(23)21-6-4-20(3)5-7-21/h8H,4-7,9-10H2,1-3H3. The van der Waals surface area contributed by atoms with E-state index in [0.29, 0.717) is 5.71 Å². The summed E-state index contributed by atoms with van der Waals surface area (Å²) in [6.45, 7) is 6.89. The summed E-state index contributed by atoms with van der Waals surface area (Å²) in [6, 6.07) is 1.84. The number of hydrogen-bond donors (Lipinski definition) is 0. The number of amides is 2. The molecular formula is C16H22N6O2. The van der Waals surface area contributed by atoms with Gasteiger partial charge in [-0.25, -0.2) is 9.97 Å². The number of piperazine rings is 1. The van der Waals surface area contributed by atoms with Crippen molar-refractivity contribution >= 4 is 23.5 Å². The predicted molar refractivity (Wildman–Crippen MR) is 89.7 cm³/mol. The Balaban J connectivity index is 1.69. The Morgan fingerprint density at radius 2 is 1.75 bits per heavy atom. The number of rotatable bonds is 3. The lowest BCUT2D eigenvalue weighted by molar-refractivity contribution is -0.131. The van der Waals surface area contributed by atoms with E-state index < -0.39 is 0 Å². The molecule has 1 saturated heterocycles. The molecule has 0 saturated carbocycles. The Hall–Kier alpha value is -2.35. The van der Waals surface area contributed by atoms with Crippen LogP contribution in [0.3, 0.4) is 0 Å². The molecule has 0 radical (unpaired) electrons. The van der Waals surface area contributed by atoms with Gasteiger partial charge in [-0.3, -0.25) is 9.59 Å². The van der Waals surface area contributed by atoms with Gasteiger partial charge in [0.05, 0.1) is 18.6 Å². The van der Waals surface area contributed by atoms with Gasteiger partial charge in [-0.05, 0) is 27.0 Å². The van der Waals surface area contributed by atoms with Gasteiger partial charge in [0.15, 0.2) is 0 Å². The molecule has 0 unspecified atom stereocenters. The average molecular weight is 330 g/mol. The van der Waals surface area contributed by atoms with Gasteiger partial charge in [0.1, 0.15) is 0 Å². The van der Waals surface area contributed by atoms with Crippen LogP contribution in [0.2, 0.25) is 0 Å². The van der Waals surface area contributed by atoms with Crippen LogP contribution in [-0.2, 0) is 9.59 Å². The van der Waals surface area contributed by atoms with Gasteiger partial charge in [-0.1, -0.05) is 0 Å². The van der Waals surface area contributed by atoms with Crippen molar-refractivity contribution in [2.45, 2.75) is 26.7 Å². The quantitative estimate of drug-likeness (QED) is 0.799. The largest absolute Gasteiger partial charge is 0.340 e. The van der Waals surface area contributed by atoms with Crippen LogP contribution < -0.4 is 5.01 Å². The first kappa shape index (κ1) is 16.5. The fourth-order valence-electron chi connectivity index (χ4n) is 2.88. The molecule has 0 aromatic carbocycles. The monoisotopic (exact) mass is 330 g/mol. The van der Waals surface area contributed by atoms with E-state index in [0.717, 1.165) is 37.6 Å². The van der Waals surface area contributed by atoms with Crippen LogP contribution in [0.5, 0.6) is 0 Å². The van der Waals surface area contributed by atoms with E-state index >= 15 is 0 Å². The number of carbonyl (C=O) groups is 2. The van der Waals surface area contributed by atoms with Crippen molar-refractivity contribution in [2.75, 3.05) is 38.2 Å². The minimum Gasteiger partial charge on any atom is -0.340 e. The van der Waals surface area contributed by atoms with E-state index in [1.807, 2.05) is 31.9 Å². The highest BCUT2D eigenvalue weighted by Gasteiger charge is 2.30. The molecule has 0 N–H and O–H groups in total. The first-order chi connectivity index (χ1) is 11.4. The predicted octanol–water partition coefficient (Wildman–Crippen LogP) is 0.350. The van der Waals surface area contributed by atoms with E-state index in [1.54, 1.807) is 0 Å². The lowest BCUT2D eigenvalue weighted by atomic mass is 10.2. The van der Waals surface area contributed by atoms with Crippen molar-refractivity contribution in [1.29, 1.82) is 0 Å². The van der Waals surface area contributed by atoms with Crippen molar-refractivity contribution in [3.63, 3.8) is 0 Å². The lowest BCUT2D eigenvalue weighted by Gasteiger charge is -2.32. The average Bonchev–Trinajstić information content (AvgIpc) is 2.87. The summed E-state index contributed by atoms with van der Waals surface area (Å²) in [5, 5.41) is 5.50. The molecule has 0 spiro atoms. The molecular weight excluding hydrogens is 308 g/mol. The number of nitrogens with zero attached hydrogens (tertiary/aromatic N) is 6. The highest BCUT2D eigenvalue weighted by atomic mass is 16.2. The summed E-state index contributed by atoms with van der Waals surface area (Å²) in [5.41, 5.74) is 2.14. The molecule has 3 rings (SSSR count). The smallest absolute Gasteiger partial charge is 0.255 e. The second kappa shape index (κ2) is 6.64. The molecule has 0 bridgehead atoms. The number of hydrogen-bond acceptors (Lipinski definition) is 6. The van der Waals surface area contributed by atoms with Gasteiger partial charge in [-0.15, -0.1) is 0 Å². The maximum Gasteiger partial charge on any atom is 0.255 e. The molecule has 8 nitrogen and oxygen atoms in total. The maximum atomic E-state index is 12.4. The van der Waals surface area contributed by atoms with Gasteiger partial charge in [0.2, 0.25) is 5.91 Å². The zero-order valence-corrected chi connectivity index (χ0v) is 14.3. The lowest BCUT2D eigenvalue weighted by Crippen LogP contribution is -2.47. The molecule has 1 fully saturated rings. The Morgan fingerprint density at radius 1 is 1.12 bits per heavy atom. The molecule has 0 atom stereocenters. The Labute approximate surface area is 141 Å². The van der Waals surface area contributed by atoms with Crippen LogP contribution in [0.4, 0.5) is 5.95 Å². The number of aromatic nitrogens is 2.